The average Bonchev–Trinajstić information content (AvgIpc) is 2.55. The third-order valence-corrected chi connectivity index (χ3v) is 3.64. The van der Waals surface area contributed by atoms with Gasteiger partial charge in [0.25, 0.3) is 0 Å². The Bertz CT molecular complexity index is 359. The first-order valence-corrected chi connectivity index (χ1v) is 9.45. The molecule has 1 aromatic carbocycles. The SMILES string of the molecule is CC(C)N(C)C.CC(C)N(C)C(C)C.CN(C)C.COc1ccccc1. The molecule has 4 heteroatoms. The van der Waals surface area contributed by atoms with E-state index in [2.05, 4.69) is 72.5 Å². The number of ether oxygens (including phenoxy) is 1. The van der Waals surface area contributed by atoms with Gasteiger partial charge in [-0.3, -0.25) is 0 Å². The fourth-order valence-electron chi connectivity index (χ4n) is 1.15. The molecule has 0 spiro atoms. The summed E-state index contributed by atoms with van der Waals surface area (Å²) in [5.74, 6) is 0.910. The van der Waals surface area contributed by atoms with Gasteiger partial charge in [0, 0.05) is 18.1 Å². The number of rotatable bonds is 4. The van der Waals surface area contributed by atoms with Crippen LogP contribution < -0.4 is 4.74 Å². The zero-order valence-corrected chi connectivity index (χ0v) is 19.9. The zero-order chi connectivity index (χ0) is 21.3. The van der Waals surface area contributed by atoms with E-state index in [1.54, 1.807) is 7.11 Å². The monoisotopic (exact) mass is 369 g/mol. The van der Waals surface area contributed by atoms with Crippen molar-refractivity contribution in [2.24, 2.45) is 0 Å². The summed E-state index contributed by atoms with van der Waals surface area (Å²) in [6.07, 6.45) is 0. The van der Waals surface area contributed by atoms with Crippen LogP contribution in [0.25, 0.3) is 0 Å². The van der Waals surface area contributed by atoms with Gasteiger partial charge in [0.2, 0.25) is 0 Å². The number of methoxy groups -OCH3 is 1. The zero-order valence-electron chi connectivity index (χ0n) is 19.9. The molecule has 0 atom stereocenters. The minimum atomic E-state index is 0.676. The van der Waals surface area contributed by atoms with Crippen LogP contribution in [-0.2, 0) is 0 Å². The van der Waals surface area contributed by atoms with Gasteiger partial charge in [-0.1, -0.05) is 18.2 Å². The molecule has 0 unspecified atom stereocenters. The normalized spacial score (nSPS) is 10.3. The molecule has 0 radical (unpaired) electrons. The summed E-state index contributed by atoms with van der Waals surface area (Å²) in [6, 6.07) is 11.7. The van der Waals surface area contributed by atoms with Gasteiger partial charge in [0.15, 0.2) is 0 Å². The summed E-state index contributed by atoms with van der Waals surface area (Å²) >= 11 is 0. The molecule has 0 bridgehead atoms. The molecule has 4 nitrogen and oxygen atoms in total. The van der Waals surface area contributed by atoms with Crippen LogP contribution in [0.1, 0.15) is 41.5 Å². The van der Waals surface area contributed by atoms with E-state index < -0.39 is 0 Å². The summed E-state index contributed by atoms with van der Waals surface area (Å²) in [4.78, 5) is 6.50. The highest BCUT2D eigenvalue weighted by atomic mass is 16.5. The molecular formula is C22H47N3O. The van der Waals surface area contributed by atoms with Crippen molar-refractivity contribution in [2.45, 2.75) is 59.7 Å². The van der Waals surface area contributed by atoms with Gasteiger partial charge >= 0.3 is 0 Å². The molecule has 0 aliphatic heterocycles. The molecule has 0 aromatic heterocycles. The molecule has 156 valence electrons. The highest BCUT2D eigenvalue weighted by Gasteiger charge is 2.04. The van der Waals surface area contributed by atoms with Crippen molar-refractivity contribution in [1.29, 1.82) is 0 Å². The van der Waals surface area contributed by atoms with Gasteiger partial charge in [0.05, 0.1) is 7.11 Å². The third-order valence-electron chi connectivity index (χ3n) is 3.64. The van der Waals surface area contributed by atoms with Gasteiger partial charge in [-0.25, -0.2) is 0 Å². The van der Waals surface area contributed by atoms with Crippen molar-refractivity contribution in [3.63, 3.8) is 0 Å². The lowest BCUT2D eigenvalue weighted by Crippen LogP contribution is -2.32. The van der Waals surface area contributed by atoms with Crippen molar-refractivity contribution in [1.82, 2.24) is 14.7 Å². The summed E-state index contributed by atoms with van der Waals surface area (Å²) in [6.45, 7) is 13.2. The van der Waals surface area contributed by atoms with Crippen LogP contribution in [0.4, 0.5) is 0 Å². The van der Waals surface area contributed by atoms with Crippen LogP contribution in [-0.4, -0.2) is 82.2 Å². The predicted molar refractivity (Wildman–Crippen MR) is 119 cm³/mol. The van der Waals surface area contributed by atoms with E-state index in [0.29, 0.717) is 18.1 Å². The molecule has 0 saturated heterocycles. The number of hydrogen-bond donors (Lipinski definition) is 0. The Labute approximate surface area is 165 Å². The first kappa shape index (κ1) is 29.7. The quantitative estimate of drug-likeness (QED) is 0.774. The van der Waals surface area contributed by atoms with Crippen molar-refractivity contribution in [3.05, 3.63) is 30.3 Å². The largest absolute Gasteiger partial charge is 0.497 e. The van der Waals surface area contributed by atoms with E-state index in [-0.39, 0.29) is 0 Å². The van der Waals surface area contributed by atoms with Crippen molar-refractivity contribution in [2.75, 3.05) is 49.4 Å². The lowest BCUT2D eigenvalue weighted by molar-refractivity contribution is 0.222. The van der Waals surface area contributed by atoms with Crippen LogP contribution in [0, 0.1) is 0 Å². The lowest BCUT2D eigenvalue weighted by Gasteiger charge is -2.24. The molecule has 26 heavy (non-hydrogen) atoms. The Morgan fingerprint density at radius 2 is 0.962 bits per heavy atom. The minimum absolute atomic E-state index is 0.676. The number of nitrogens with zero attached hydrogens (tertiary/aromatic N) is 3. The highest BCUT2D eigenvalue weighted by Crippen LogP contribution is 2.05. The second-order valence-electron chi connectivity index (χ2n) is 7.77. The second-order valence-corrected chi connectivity index (χ2v) is 7.77. The van der Waals surface area contributed by atoms with Crippen LogP contribution in [0.5, 0.6) is 5.75 Å². The summed E-state index contributed by atoms with van der Waals surface area (Å²) in [5.41, 5.74) is 0. The molecule has 0 saturated carbocycles. The topological polar surface area (TPSA) is 19.0 Å². The number of benzene rings is 1. The van der Waals surface area contributed by atoms with Crippen molar-refractivity contribution >= 4 is 0 Å². The maximum absolute atomic E-state index is 4.91. The molecule has 0 aliphatic rings. The van der Waals surface area contributed by atoms with Gasteiger partial charge in [0.1, 0.15) is 5.75 Å². The van der Waals surface area contributed by atoms with Gasteiger partial charge in [-0.15, -0.1) is 0 Å². The number of hydrogen-bond acceptors (Lipinski definition) is 4. The molecule has 0 heterocycles. The Morgan fingerprint density at radius 3 is 1.08 bits per heavy atom. The van der Waals surface area contributed by atoms with Crippen molar-refractivity contribution < 1.29 is 4.74 Å². The van der Waals surface area contributed by atoms with E-state index in [9.17, 15) is 0 Å². The van der Waals surface area contributed by atoms with Gasteiger partial charge in [-0.2, -0.15) is 0 Å². The number of para-hydroxylation sites is 1. The van der Waals surface area contributed by atoms with E-state index in [4.69, 9.17) is 4.74 Å². The standard InChI is InChI=1S/C7H17N.C7H8O.C5H13N.C3H9N/c1-6(2)8(5)7(3)4;1-8-7-5-3-2-4-6-7;1-5(2)6(3)4;1-4(2)3/h6-7H,1-5H3;2-6H,1H3;5H,1-4H3;1-3H3. The maximum atomic E-state index is 4.91. The molecule has 1 aromatic rings. The van der Waals surface area contributed by atoms with Crippen LogP contribution in [0.2, 0.25) is 0 Å². The Kier molecular flexibility index (Phi) is 21.3. The van der Waals surface area contributed by atoms with E-state index in [1.807, 2.05) is 56.4 Å². The van der Waals surface area contributed by atoms with Gasteiger partial charge < -0.3 is 19.4 Å². The smallest absolute Gasteiger partial charge is 0.118 e. The van der Waals surface area contributed by atoms with Gasteiger partial charge in [-0.05, 0) is 96.0 Å². The van der Waals surface area contributed by atoms with E-state index >= 15 is 0 Å². The van der Waals surface area contributed by atoms with Crippen LogP contribution in [0.3, 0.4) is 0 Å². The Morgan fingerprint density at radius 1 is 0.654 bits per heavy atom. The summed E-state index contributed by atoms with van der Waals surface area (Å²) in [7, 11) is 14.0. The van der Waals surface area contributed by atoms with E-state index in [0.717, 1.165) is 5.75 Å². The van der Waals surface area contributed by atoms with Crippen molar-refractivity contribution in [3.8, 4) is 5.75 Å². The van der Waals surface area contributed by atoms with E-state index in [1.165, 1.54) is 0 Å². The highest BCUT2D eigenvalue weighted by molar-refractivity contribution is 5.20. The summed E-state index contributed by atoms with van der Waals surface area (Å²) in [5, 5.41) is 0. The first-order chi connectivity index (χ1) is 11.9. The Balaban J connectivity index is -0.000000281. The maximum Gasteiger partial charge on any atom is 0.118 e. The predicted octanol–water partition coefficient (Wildman–Crippen LogP) is 4.56. The lowest BCUT2D eigenvalue weighted by atomic mass is 10.3. The second kappa shape index (κ2) is 18.7. The molecule has 1 rings (SSSR count). The van der Waals surface area contributed by atoms with Crippen LogP contribution >= 0.6 is 0 Å². The molecule has 0 amide bonds. The van der Waals surface area contributed by atoms with Crippen LogP contribution in [0.15, 0.2) is 30.3 Å². The Hall–Kier alpha value is -1.10. The fraction of sp³-hybridized carbons (Fsp3) is 0.727. The molecular weight excluding hydrogens is 322 g/mol. The first-order valence-electron chi connectivity index (χ1n) is 9.45. The fourth-order valence-corrected chi connectivity index (χ4v) is 1.15. The molecule has 0 N–H and O–H groups in total. The third kappa shape index (κ3) is 25.1. The summed E-state index contributed by atoms with van der Waals surface area (Å²) < 4.78 is 4.91. The average molecular weight is 370 g/mol. The molecule has 0 fully saturated rings. The molecule has 0 aliphatic carbocycles. The minimum Gasteiger partial charge on any atom is -0.497 e.